The molecule has 0 aromatic carbocycles. The van der Waals surface area contributed by atoms with Gasteiger partial charge in [0.1, 0.15) is 10.2 Å². The van der Waals surface area contributed by atoms with Gasteiger partial charge in [0.15, 0.2) is 0 Å². The summed E-state index contributed by atoms with van der Waals surface area (Å²) in [6.07, 6.45) is -4.82. The number of aromatic nitrogens is 1. The SMILES string of the molecule is Cc1cc(Cl)c(OC(F)(F)F)nc1Cl. The first-order valence-electron chi connectivity index (χ1n) is 3.38. The summed E-state index contributed by atoms with van der Waals surface area (Å²) < 4.78 is 38.9. The second-order valence-electron chi connectivity index (χ2n) is 2.43. The van der Waals surface area contributed by atoms with E-state index in [1.807, 2.05) is 0 Å². The predicted octanol–water partition coefficient (Wildman–Crippen LogP) is 3.60. The van der Waals surface area contributed by atoms with E-state index in [0.29, 0.717) is 5.56 Å². The number of nitrogens with zero attached hydrogens (tertiary/aromatic N) is 1. The molecule has 7 heteroatoms. The molecule has 14 heavy (non-hydrogen) atoms. The van der Waals surface area contributed by atoms with Crippen molar-refractivity contribution in [1.82, 2.24) is 4.98 Å². The van der Waals surface area contributed by atoms with Crippen molar-refractivity contribution in [3.05, 3.63) is 21.8 Å². The van der Waals surface area contributed by atoms with Crippen molar-refractivity contribution in [2.24, 2.45) is 0 Å². The lowest BCUT2D eigenvalue weighted by atomic mass is 10.3. The van der Waals surface area contributed by atoms with Gasteiger partial charge in [0.05, 0.1) is 0 Å². The lowest BCUT2D eigenvalue weighted by molar-refractivity contribution is -0.276. The van der Waals surface area contributed by atoms with Crippen LogP contribution in [-0.2, 0) is 0 Å². The molecule has 1 aromatic rings. The van der Waals surface area contributed by atoms with Crippen LogP contribution in [-0.4, -0.2) is 11.3 Å². The number of hydrogen-bond donors (Lipinski definition) is 0. The average Bonchev–Trinajstić information content (AvgIpc) is 1.97. The molecule has 2 nitrogen and oxygen atoms in total. The number of rotatable bonds is 1. The van der Waals surface area contributed by atoms with Crippen molar-refractivity contribution in [2.45, 2.75) is 13.3 Å². The summed E-state index contributed by atoms with van der Waals surface area (Å²) in [7, 11) is 0. The zero-order valence-corrected chi connectivity index (χ0v) is 8.33. The number of alkyl halides is 3. The topological polar surface area (TPSA) is 22.1 Å². The van der Waals surface area contributed by atoms with Crippen molar-refractivity contribution in [3.8, 4) is 5.88 Å². The summed E-state index contributed by atoms with van der Waals surface area (Å²) in [5.41, 5.74) is 0.478. The molecule has 0 atom stereocenters. The van der Waals surface area contributed by atoms with Gasteiger partial charge in [-0.1, -0.05) is 23.2 Å². The van der Waals surface area contributed by atoms with Crippen molar-refractivity contribution < 1.29 is 17.9 Å². The van der Waals surface area contributed by atoms with Crippen molar-refractivity contribution in [3.63, 3.8) is 0 Å². The summed E-state index contributed by atoms with van der Waals surface area (Å²) in [6, 6.07) is 1.25. The molecule has 78 valence electrons. The standard InChI is InChI=1S/C7H4Cl2F3NO/c1-3-2-4(8)6(13-5(3)9)14-7(10,11)12/h2H,1H3. The normalized spacial score (nSPS) is 11.6. The maximum atomic E-state index is 11.8. The Morgan fingerprint density at radius 1 is 1.36 bits per heavy atom. The molecule has 0 aliphatic heterocycles. The van der Waals surface area contributed by atoms with Gasteiger partial charge in [0.25, 0.3) is 0 Å². The van der Waals surface area contributed by atoms with Gasteiger partial charge in [-0.3, -0.25) is 0 Å². The van der Waals surface area contributed by atoms with Crippen LogP contribution in [0.15, 0.2) is 6.07 Å². The monoisotopic (exact) mass is 245 g/mol. The van der Waals surface area contributed by atoms with Gasteiger partial charge in [-0.05, 0) is 18.6 Å². The molecule has 0 aliphatic rings. The minimum absolute atomic E-state index is 0.0753. The van der Waals surface area contributed by atoms with Crippen LogP contribution in [0, 0.1) is 6.92 Å². The second-order valence-corrected chi connectivity index (χ2v) is 3.20. The van der Waals surface area contributed by atoms with E-state index in [1.54, 1.807) is 6.92 Å². The fourth-order valence-corrected chi connectivity index (χ4v) is 1.10. The number of hydrogen-bond acceptors (Lipinski definition) is 2. The van der Waals surface area contributed by atoms with Crippen LogP contribution in [0.2, 0.25) is 10.2 Å². The number of pyridine rings is 1. The lowest BCUT2D eigenvalue weighted by Gasteiger charge is -2.10. The molecule has 0 amide bonds. The van der Waals surface area contributed by atoms with E-state index in [2.05, 4.69) is 9.72 Å². The Morgan fingerprint density at radius 3 is 2.43 bits per heavy atom. The third kappa shape index (κ3) is 2.92. The van der Waals surface area contributed by atoms with Crippen LogP contribution in [0.4, 0.5) is 13.2 Å². The van der Waals surface area contributed by atoms with E-state index >= 15 is 0 Å². The summed E-state index contributed by atoms with van der Waals surface area (Å²) in [4.78, 5) is 3.35. The van der Waals surface area contributed by atoms with Gasteiger partial charge >= 0.3 is 6.36 Å². The molecule has 0 N–H and O–H groups in total. The van der Waals surface area contributed by atoms with Crippen LogP contribution in [0.1, 0.15) is 5.56 Å². The summed E-state index contributed by atoms with van der Waals surface area (Å²) >= 11 is 11.0. The van der Waals surface area contributed by atoms with E-state index in [9.17, 15) is 13.2 Å². The summed E-state index contributed by atoms with van der Waals surface area (Å²) in [6.45, 7) is 1.57. The Kier molecular flexibility index (Phi) is 3.11. The zero-order chi connectivity index (χ0) is 10.9. The Balaban J connectivity index is 3.04. The van der Waals surface area contributed by atoms with E-state index < -0.39 is 12.2 Å². The predicted molar refractivity (Wildman–Crippen MR) is 45.7 cm³/mol. The number of aryl methyl sites for hydroxylation is 1. The molecular weight excluding hydrogens is 242 g/mol. The van der Waals surface area contributed by atoms with Crippen LogP contribution < -0.4 is 4.74 Å². The molecule has 0 saturated heterocycles. The molecule has 1 heterocycles. The molecule has 1 rings (SSSR count). The average molecular weight is 246 g/mol. The van der Waals surface area contributed by atoms with Gasteiger partial charge in [0, 0.05) is 0 Å². The Hall–Kier alpha value is -0.680. The molecular formula is C7H4Cl2F3NO. The minimum Gasteiger partial charge on any atom is -0.386 e. The molecule has 0 saturated carbocycles. The molecule has 0 bridgehead atoms. The summed E-state index contributed by atoms with van der Waals surface area (Å²) in [5.74, 6) is -0.741. The van der Waals surface area contributed by atoms with E-state index in [4.69, 9.17) is 23.2 Å². The first-order valence-corrected chi connectivity index (χ1v) is 4.13. The smallest absolute Gasteiger partial charge is 0.386 e. The number of ether oxygens (including phenoxy) is 1. The Bertz CT molecular complexity index is 354. The molecule has 1 aromatic heterocycles. The van der Waals surface area contributed by atoms with E-state index in [1.165, 1.54) is 6.07 Å². The molecule has 0 radical (unpaired) electrons. The largest absolute Gasteiger partial charge is 0.574 e. The van der Waals surface area contributed by atoms with Gasteiger partial charge in [-0.25, -0.2) is 0 Å². The van der Waals surface area contributed by atoms with Gasteiger partial charge in [-0.2, -0.15) is 4.98 Å². The fraction of sp³-hybridized carbons (Fsp3) is 0.286. The van der Waals surface area contributed by atoms with Gasteiger partial charge in [-0.15, -0.1) is 13.2 Å². The van der Waals surface area contributed by atoms with Crippen LogP contribution in [0.3, 0.4) is 0 Å². The van der Waals surface area contributed by atoms with Crippen molar-refractivity contribution in [2.75, 3.05) is 0 Å². The highest BCUT2D eigenvalue weighted by Crippen LogP contribution is 2.30. The van der Waals surface area contributed by atoms with Crippen molar-refractivity contribution >= 4 is 23.2 Å². The first kappa shape index (κ1) is 11.4. The maximum Gasteiger partial charge on any atom is 0.574 e. The quantitative estimate of drug-likeness (QED) is 0.706. The highest BCUT2D eigenvalue weighted by atomic mass is 35.5. The fourth-order valence-electron chi connectivity index (χ4n) is 0.723. The Labute approximate surface area is 87.6 Å². The zero-order valence-electron chi connectivity index (χ0n) is 6.82. The van der Waals surface area contributed by atoms with Gasteiger partial charge < -0.3 is 4.74 Å². The first-order chi connectivity index (χ1) is 6.29. The third-order valence-electron chi connectivity index (χ3n) is 1.29. The molecule has 0 fully saturated rings. The lowest BCUT2D eigenvalue weighted by Crippen LogP contribution is -2.18. The van der Waals surface area contributed by atoms with Crippen LogP contribution >= 0.6 is 23.2 Å². The molecule has 0 spiro atoms. The molecule has 0 unspecified atom stereocenters. The van der Waals surface area contributed by atoms with Crippen molar-refractivity contribution in [1.29, 1.82) is 0 Å². The third-order valence-corrected chi connectivity index (χ3v) is 1.94. The highest BCUT2D eigenvalue weighted by Gasteiger charge is 2.33. The van der Waals surface area contributed by atoms with Crippen LogP contribution in [0.5, 0.6) is 5.88 Å². The second kappa shape index (κ2) is 3.82. The molecule has 0 aliphatic carbocycles. The maximum absolute atomic E-state index is 11.8. The van der Waals surface area contributed by atoms with E-state index in [0.717, 1.165) is 0 Å². The minimum atomic E-state index is -4.82. The van der Waals surface area contributed by atoms with Gasteiger partial charge in [0.2, 0.25) is 5.88 Å². The summed E-state index contributed by atoms with van der Waals surface area (Å²) in [5, 5.41) is -0.308. The van der Waals surface area contributed by atoms with E-state index in [-0.39, 0.29) is 10.2 Å². The number of halogens is 5. The van der Waals surface area contributed by atoms with Crippen LogP contribution in [0.25, 0.3) is 0 Å². The highest BCUT2D eigenvalue weighted by molar-refractivity contribution is 6.33. The Morgan fingerprint density at radius 2 is 1.93 bits per heavy atom.